The zero-order chi connectivity index (χ0) is 14.3. The first-order valence-electron chi connectivity index (χ1n) is 7.21. The number of piperidine rings is 1. The molecule has 3 N–H and O–H groups in total. The number of carboxylic acid groups (broad SMARTS) is 1. The molecule has 1 rings (SSSR count). The lowest BCUT2D eigenvalue weighted by Crippen LogP contribution is -2.41. The number of carbonyl (C=O) groups is 2. The fourth-order valence-corrected chi connectivity index (χ4v) is 2.21. The van der Waals surface area contributed by atoms with Crippen molar-refractivity contribution in [3.63, 3.8) is 0 Å². The summed E-state index contributed by atoms with van der Waals surface area (Å²) in [6.07, 6.45) is 5.39. The molecule has 0 aromatic rings. The standard InChI is InChI=1S/C14H26N2O3/c1-3-14(2,13(18)19)10-16-12(17)8-7-11-6-4-5-9-15-11/h11,15H,3-10H2,1-2H3,(H,16,17)(H,18,19). The monoisotopic (exact) mass is 270 g/mol. The molecule has 0 radical (unpaired) electrons. The van der Waals surface area contributed by atoms with Crippen LogP contribution in [-0.4, -0.2) is 36.1 Å². The molecule has 0 aromatic carbocycles. The summed E-state index contributed by atoms with van der Waals surface area (Å²) in [7, 11) is 0. The van der Waals surface area contributed by atoms with Crippen LogP contribution in [0.3, 0.4) is 0 Å². The van der Waals surface area contributed by atoms with Gasteiger partial charge in [-0.05, 0) is 39.2 Å². The molecule has 0 spiro atoms. The first-order valence-corrected chi connectivity index (χ1v) is 7.21. The fraction of sp³-hybridized carbons (Fsp3) is 0.857. The predicted molar refractivity (Wildman–Crippen MR) is 73.9 cm³/mol. The summed E-state index contributed by atoms with van der Waals surface area (Å²) in [4.78, 5) is 22.8. The molecule has 2 unspecified atom stereocenters. The van der Waals surface area contributed by atoms with Crippen LogP contribution in [0.25, 0.3) is 0 Å². The first-order chi connectivity index (χ1) is 8.98. The average Bonchev–Trinajstić information content (AvgIpc) is 2.43. The Morgan fingerprint density at radius 1 is 1.42 bits per heavy atom. The summed E-state index contributed by atoms with van der Waals surface area (Å²) in [5.74, 6) is -0.905. The molecule has 0 saturated carbocycles. The second-order valence-electron chi connectivity index (χ2n) is 5.68. The normalized spacial score (nSPS) is 22.5. The van der Waals surface area contributed by atoms with Gasteiger partial charge in [-0.15, -0.1) is 0 Å². The van der Waals surface area contributed by atoms with Gasteiger partial charge in [-0.3, -0.25) is 9.59 Å². The number of nitrogens with one attached hydrogen (secondary N) is 2. The maximum absolute atomic E-state index is 11.7. The van der Waals surface area contributed by atoms with E-state index in [1.165, 1.54) is 12.8 Å². The Morgan fingerprint density at radius 3 is 2.68 bits per heavy atom. The van der Waals surface area contributed by atoms with Crippen LogP contribution in [0.4, 0.5) is 0 Å². The lowest BCUT2D eigenvalue weighted by atomic mass is 9.87. The second-order valence-corrected chi connectivity index (χ2v) is 5.68. The van der Waals surface area contributed by atoms with Gasteiger partial charge in [0.2, 0.25) is 5.91 Å². The van der Waals surface area contributed by atoms with Crippen molar-refractivity contribution >= 4 is 11.9 Å². The fourth-order valence-electron chi connectivity index (χ4n) is 2.21. The van der Waals surface area contributed by atoms with Crippen LogP contribution < -0.4 is 10.6 Å². The highest BCUT2D eigenvalue weighted by molar-refractivity contribution is 5.78. The van der Waals surface area contributed by atoms with E-state index >= 15 is 0 Å². The van der Waals surface area contributed by atoms with Gasteiger partial charge in [-0.2, -0.15) is 0 Å². The first kappa shape index (κ1) is 16.0. The van der Waals surface area contributed by atoms with Crippen molar-refractivity contribution in [1.29, 1.82) is 0 Å². The SMILES string of the molecule is CCC(C)(CNC(=O)CCC1CCCCN1)C(=O)O. The molecule has 0 aliphatic carbocycles. The van der Waals surface area contributed by atoms with E-state index in [-0.39, 0.29) is 12.5 Å². The van der Waals surface area contributed by atoms with Crippen LogP contribution in [0.2, 0.25) is 0 Å². The van der Waals surface area contributed by atoms with Gasteiger partial charge in [-0.1, -0.05) is 13.3 Å². The lowest BCUT2D eigenvalue weighted by molar-refractivity contribution is -0.148. The maximum atomic E-state index is 11.7. The second kappa shape index (κ2) is 7.48. The minimum absolute atomic E-state index is 0.0479. The zero-order valence-corrected chi connectivity index (χ0v) is 12.0. The molecule has 1 fully saturated rings. The number of carboxylic acids is 1. The molecule has 1 saturated heterocycles. The van der Waals surface area contributed by atoms with Crippen LogP contribution in [0.5, 0.6) is 0 Å². The Bertz CT molecular complexity index is 314. The average molecular weight is 270 g/mol. The summed E-state index contributed by atoms with van der Waals surface area (Å²) >= 11 is 0. The summed E-state index contributed by atoms with van der Waals surface area (Å²) < 4.78 is 0. The molecule has 1 heterocycles. The van der Waals surface area contributed by atoms with Crippen LogP contribution in [0.15, 0.2) is 0 Å². The van der Waals surface area contributed by atoms with Crippen LogP contribution in [0.1, 0.15) is 52.4 Å². The van der Waals surface area contributed by atoms with Crippen molar-refractivity contribution in [2.45, 2.75) is 58.4 Å². The summed E-state index contributed by atoms with van der Waals surface area (Å²) in [5, 5.41) is 15.3. The van der Waals surface area contributed by atoms with E-state index < -0.39 is 11.4 Å². The van der Waals surface area contributed by atoms with Gasteiger partial charge >= 0.3 is 5.97 Å². The maximum Gasteiger partial charge on any atom is 0.311 e. The number of amides is 1. The van der Waals surface area contributed by atoms with Gasteiger partial charge in [0.25, 0.3) is 0 Å². The predicted octanol–water partition coefficient (Wildman–Crippen LogP) is 1.53. The molecule has 110 valence electrons. The number of hydrogen-bond acceptors (Lipinski definition) is 3. The molecule has 5 nitrogen and oxygen atoms in total. The smallest absolute Gasteiger partial charge is 0.311 e. The Balaban J connectivity index is 2.25. The number of carbonyl (C=O) groups excluding carboxylic acids is 1. The number of hydrogen-bond donors (Lipinski definition) is 3. The Morgan fingerprint density at radius 2 is 2.16 bits per heavy atom. The van der Waals surface area contributed by atoms with Crippen molar-refractivity contribution in [1.82, 2.24) is 10.6 Å². The Kier molecular flexibility index (Phi) is 6.28. The zero-order valence-electron chi connectivity index (χ0n) is 12.0. The highest BCUT2D eigenvalue weighted by Gasteiger charge is 2.31. The van der Waals surface area contributed by atoms with Crippen molar-refractivity contribution in [3.05, 3.63) is 0 Å². The van der Waals surface area contributed by atoms with Crippen molar-refractivity contribution in [2.24, 2.45) is 5.41 Å². The molecule has 5 heteroatoms. The lowest BCUT2D eigenvalue weighted by Gasteiger charge is -2.25. The van der Waals surface area contributed by atoms with Gasteiger partial charge in [0, 0.05) is 19.0 Å². The highest BCUT2D eigenvalue weighted by Crippen LogP contribution is 2.20. The van der Waals surface area contributed by atoms with Crippen LogP contribution >= 0.6 is 0 Å². The van der Waals surface area contributed by atoms with E-state index in [1.54, 1.807) is 6.92 Å². The largest absolute Gasteiger partial charge is 0.481 e. The van der Waals surface area contributed by atoms with Crippen molar-refractivity contribution < 1.29 is 14.7 Å². The van der Waals surface area contributed by atoms with E-state index in [4.69, 9.17) is 5.11 Å². The molecular formula is C14H26N2O3. The van der Waals surface area contributed by atoms with Crippen LogP contribution in [-0.2, 0) is 9.59 Å². The van der Waals surface area contributed by atoms with E-state index in [2.05, 4.69) is 10.6 Å². The van der Waals surface area contributed by atoms with Crippen LogP contribution in [0, 0.1) is 5.41 Å². The Hall–Kier alpha value is -1.10. The number of aliphatic carboxylic acids is 1. The van der Waals surface area contributed by atoms with E-state index in [9.17, 15) is 9.59 Å². The third kappa shape index (κ3) is 5.19. The summed E-state index contributed by atoms with van der Waals surface area (Å²) in [5.41, 5.74) is -0.862. The van der Waals surface area contributed by atoms with Crippen molar-refractivity contribution in [3.8, 4) is 0 Å². The third-order valence-electron chi connectivity index (χ3n) is 4.10. The summed E-state index contributed by atoms with van der Waals surface area (Å²) in [6, 6.07) is 0.441. The topological polar surface area (TPSA) is 78.4 Å². The minimum Gasteiger partial charge on any atom is -0.481 e. The van der Waals surface area contributed by atoms with Crippen molar-refractivity contribution in [2.75, 3.05) is 13.1 Å². The number of rotatable bonds is 7. The van der Waals surface area contributed by atoms with E-state index in [0.29, 0.717) is 18.9 Å². The molecule has 0 bridgehead atoms. The molecule has 1 aliphatic rings. The highest BCUT2D eigenvalue weighted by atomic mass is 16.4. The third-order valence-corrected chi connectivity index (χ3v) is 4.10. The van der Waals surface area contributed by atoms with Gasteiger partial charge in [0.15, 0.2) is 0 Å². The van der Waals surface area contributed by atoms with Gasteiger partial charge in [0.05, 0.1) is 5.41 Å². The Labute approximate surface area is 115 Å². The molecule has 1 amide bonds. The molecule has 19 heavy (non-hydrogen) atoms. The van der Waals surface area contributed by atoms with Gasteiger partial charge in [-0.25, -0.2) is 0 Å². The molecular weight excluding hydrogens is 244 g/mol. The minimum atomic E-state index is -0.862. The van der Waals surface area contributed by atoms with E-state index in [0.717, 1.165) is 19.4 Å². The molecule has 0 aromatic heterocycles. The molecule has 1 aliphatic heterocycles. The van der Waals surface area contributed by atoms with Gasteiger partial charge < -0.3 is 15.7 Å². The van der Waals surface area contributed by atoms with Gasteiger partial charge in [0.1, 0.15) is 0 Å². The molecule has 2 atom stereocenters. The van der Waals surface area contributed by atoms with E-state index in [1.807, 2.05) is 6.92 Å². The quantitative estimate of drug-likeness (QED) is 0.655. The summed E-state index contributed by atoms with van der Waals surface area (Å²) in [6.45, 7) is 4.74.